The number of nitrogens with one attached hydrogen (secondary N) is 2. The van der Waals surface area contributed by atoms with Gasteiger partial charge >= 0.3 is 0 Å². The first kappa shape index (κ1) is 21.4. The van der Waals surface area contributed by atoms with Crippen molar-refractivity contribution in [3.05, 3.63) is 42.0 Å². The first-order valence-electron chi connectivity index (χ1n) is 8.94. The van der Waals surface area contributed by atoms with E-state index >= 15 is 0 Å². The third-order valence-electron chi connectivity index (χ3n) is 4.03. The molecule has 140 valence electrons. The Morgan fingerprint density at radius 3 is 2.48 bits per heavy atom. The summed E-state index contributed by atoms with van der Waals surface area (Å²) in [5.74, 6) is -0.217. The molecule has 0 heterocycles. The summed E-state index contributed by atoms with van der Waals surface area (Å²) in [6.07, 6.45) is 7.53. The first-order chi connectivity index (χ1) is 11.9. The van der Waals surface area contributed by atoms with Crippen LogP contribution in [0.15, 0.2) is 36.4 Å². The lowest BCUT2D eigenvalue weighted by Gasteiger charge is -2.10. The van der Waals surface area contributed by atoms with E-state index in [1.54, 1.807) is 13.0 Å². The van der Waals surface area contributed by atoms with Crippen LogP contribution in [0.1, 0.15) is 52.0 Å². The molecule has 6 heteroatoms. The molecule has 0 aliphatic carbocycles. The molecule has 0 bridgehead atoms. The third kappa shape index (κ3) is 8.31. The third-order valence-corrected chi connectivity index (χ3v) is 6.03. The van der Waals surface area contributed by atoms with E-state index in [-0.39, 0.29) is 5.91 Å². The van der Waals surface area contributed by atoms with E-state index in [9.17, 15) is 13.2 Å². The van der Waals surface area contributed by atoms with Gasteiger partial charge in [-0.05, 0) is 56.4 Å². The monoisotopic (exact) mass is 366 g/mol. The van der Waals surface area contributed by atoms with E-state index in [1.807, 2.05) is 31.2 Å². The minimum absolute atomic E-state index is 0.217. The molecule has 25 heavy (non-hydrogen) atoms. The molecule has 1 unspecified atom stereocenters. The molecular weight excluding hydrogens is 336 g/mol. The van der Waals surface area contributed by atoms with Crippen molar-refractivity contribution in [2.75, 3.05) is 11.9 Å². The van der Waals surface area contributed by atoms with Gasteiger partial charge in [0.1, 0.15) is 0 Å². The Kier molecular flexibility index (Phi) is 9.45. The largest absolute Gasteiger partial charge is 0.323 e. The summed E-state index contributed by atoms with van der Waals surface area (Å²) in [6, 6.07) is 7.85. The molecule has 0 fully saturated rings. The molecule has 0 aliphatic rings. The average Bonchev–Trinajstić information content (AvgIpc) is 2.60. The Balaban J connectivity index is 2.35. The maximum atomic E-state index is 11.8. The molecule has 1 atom stereocenters. The number of benzene rings is 1. The van der Waals surface area contributed by atoms with Crippen LogP contribution in [0.2, 0.25) is 0 Å². The number of unbranched alkanes of at least 4 members (excludes halogenated alkanes) is 1. The summed E-state index contributed by atoms with van der Waals surface area (Å²) in [4.78, 5) is 11.8. The summed E-state index contributed by atoms with van der Waals surface area (Å²) in [5.41, 5.74) is 2.02. The lowest BCUT2D eigenvalue weighted by molar-refractivity contribution is -0.111. The quantitative estimate of drug-likeness (QED) is 0.464. The van der Waals surface area contributed by atoms with Gasteiger partial charge in [-0.1, -0.05) is 38.5 Å². The molecule has 0 aromatic heterocycles. The smallest absolute Gasteiger partial charge is 0.248 e. The summed E-state index contributed by atoms with van der Waals surface area (Å²) < 4.78 is 26.1. The molecule has 0 aliphatic heterocycles. The number of hydrogen-bond donors (Lipinski definition) is 2. The van der Waals surface area contributed by atoms with Crippen LogP contribution in [0.5, 0.6) is 0 Å². The number of aryl methyl sites for hydroxylation is 1. The highest BCUT2D eigenvalue weighted by atomic mass is 32.2. The van der Waals surface area contributed by atoms with E-state index in [4.69, 9.17) is 0 Å². The molecular formula is C19H30N2O3S. The Labute approximate surface area is 152 Å². The number of sulfonamides is 1. The van der Waals surface area contributed by atoms with Crippen molar-refractivity contribution in [1.29, 1.82) is 0 Å². The van der Waals surface area contributed by atoms with Crippen molar-refractivity contribution < 1.29 is 13.2 Å². The number of amides is 1. The van der Waals surface area contributed by atoms with Gasteiger partial charge in [-0.15, -0.1) is 0 Å². The fourth-order valence-electron chi connectivity index (χ4n) is 2.16. The van der Waals surface area contributed by atoms with Gasteiger partial charge < -0.3 is 5.32 Å². The highest BCUT2D eigenvalue weighted by Crippen LogP contribution is 2.11. The van der Waals surface area contributed by atoms with Crippen LogP contribution in [0, 0.1) is 0 Å². The lowest BCUT2D eigenvalue weighted by atomic mass is 10.1. The molecule has 0 spiro atoms. The summed E-state index contributed by atoms with van der Waals surface area (Å²) in [6.45, 7) is 5.97. The zero-order valence-electron chi connectivity index (χ0n) is 15.4. The number of hydrogen-bond acceptors (Lipinski definition) is 3. The van der Waals surface area contributed by atoms with Crippen molar-refractivity contribution in [3.63, 3.8) is 0 Å². The van der Waals surface area contributed by atoms with Crippen molar-refractivity contribution in [2.24, 2.45) is 0 Å². The number of anilines is 1. The van der Waals surface area contributed by atoms with E-state index in [1.165, 1.54) is 11.6 Å². The van der Waals surface area contributed by atoms with Crippen LogP contribution in [0.4, 0.5) is 5.69 Å². The molecule has 5 nitrogen and oxygen atoms in total. The van der Waals surface area contributed by atoms with Crippen LogP contribution in [-0.4, -0.2) is 26.1 Å². The average molecular weight is 367 g/mol. The fraction of sp³-hybridized carbons (Fsp3) is 0.526. The second-order valence-electron chi connectivity index (χ2n) is 6.14. The minimum Gasteiger partial charge on any atom is -0.323 e. The van der Waals surface area contributed by atoms with E-state index in [0.29, 0.717) is 19.4 Å². The van der Waals surface area contributed by atoms with Crippen LogP contribution < -0.4 is 10.0 Å². The van der Waals surface area contributed by atoms with Gasteiger partial charge in [0.15, 0.2) is 0 Å². The van der Waals surface area contributed by atoms with Gasteiger partial charge in [0.25, 0.3) is 0 Å². The van der Waals surface area contributed by atoms with Crippen LogP contribution >= 0.6 is 0 Å². The Bertz CT molecular complexity index is 652. The van der Waals surface area contributed by atoms with Gasteiger partial charge in [0, 0.05) is 12.2 Å². The Hall–Kier alpha value is -1.66. The molecule has 1 aromatic rings. The SMILES string of the molecule is CCCCc1ccc(NC(=O)/C=C/CCNS(=O)(=O)C(C)CC)cc1. The summed E-state index contributed by atoms with van der Waals surface area (Å²) in [7, 11) is -3.25. The Morgan fingerprint density at radius 1 is 1.20 bits per heavy atom. The van der Waals surface area contributed by atoms with Crippen molar-refractivity contribution >= 4 is 21.6 Å². The van der Waals surface area contributed by atoms with Crippen LogP contribution in [-0.2, 0) is 21.2 Å². The lowest BCUT2D eigenvalue weighted by Crippen LogP contribution is -2.32. The molecule has 0 saturated carbocycles. The standard InChI is InChI=1S/C19H30N2O3S/c1-4-6-9-17-11-13-18(14-12-17)21-19(22)10-7-8-15-20-25(23,24)16(3)5-2/h7,10-14,16,20H,4-6,8-9,15H2,1-3H3,(H,21,22)/b10-7+. The fourth-order valence-corrected chi connectivity index (χ4v) is 3.28. The molecule has 1 rings (SSSR count). The minimum atomic E-state index is -3.25. The first-order valence-corrected chi connectivity index (χ1v) is 10.5. The Morgan fingerprint density at radius 2 is 1.88 bits per heavy atom. The second kappa shape index (κ2) is 11.1. The number of carbonyl (C=O) groups excluding carboxylic acids is 1. The maximum Gasteiger partial charge on any atom is 0.248 e. The van der Waals surface area contributed by atoms with E-state index in [2.05, 4.69) is 17.0 Å². The van der Waals surface area contributed by atoms with Crippen LogP contribution in [0.25, 0.3) is 0 Å². The zero-order chi connectivity index (χ0) is 18.7. The van der Waals surface area contributed by atoms with E-state index in [0.717, 1.165) is 24.9 Å². The zero-order valence-corrected chi connectivity index (χ0v) is 16.2. The van der Waals surface area contributed by atoms with Gasteiger partial charge in [0.05, 0.1) is 5.25 Å². The molecule has 1 aromatic carbocycles. The van der Waals surface area contributed by atoms with Gasteiger partial charge in [-0.2, -0.15) is 0 Å². The normalized spacial score (nSPS) is 13.1. The van der Waals surface area contributed by atoms with Crippen molar-refractivity contribution in [2.45, 2.75) is 58.1 Å². The predicted octanol–water partition coefficient (Wildman–Crippen LogP) is 3.63. The molecule has 2 N–H and O–H groups in total. The van der Waals surface area contributed by atoms with Crippen molar-refractivity contribution in [1.82, 2.24) is 4.72 Å². The molecule has 0 radical (unpaired) electrons. The number of rotatable bonds is 11. The maximum absolute atomic E-state index is 11.8. The number of carbonyl (C=O) groups is 1. The summed E-state index contributed by atoms with van der Waals surface area (Å²) in [5, 5.41) is 2.39. The van der Waals surface area contributed by atoms with Gasteiger partial charge in [-0.3, -0.25) is 4.79 Å². The molecule has 0 saturated heterocycles. The highest BCUT2D eigenvalue weighted by Gasteiger charge is 2.17. The van der Waals surface area contributed by atoms with E-state index < -0.39 is 15.3 Å². The predicted molar refractivity (Wildman–Crippen MR) is 104 cm³/mol. The van der Waals surface area contributed by atoms with Gasteiger partial charge in [0.2, 0.25) is 15.9 Å². The molecule has 1 amide bonds. The highest BCUT2D eigenvalue weighted by molar-refractivity contribution is 7.90. The van der Waals surface area contributed by atoms with Crippen molar-refractivity contribution in [3.8, 4) is 0 Å². The van der Waals surface area contributed by atoms with Crippen LogP contribution in [0.3, 0.4) is 0 Å². The topological polar surface area (TPSA) is 75.3 Å². The van der Waals surface area contributed by atoms with Gasteiger partial charge in [-0.25, -0.2) is 13.1 Å². The summed E-state index contributed by atoms with van der Waals surface area (Å²) >= 11 is 0. The second-order valence-corrected chi connectivity index (χ2v) is 8.32.